The highest BCUT2D eigenvalue weighted by molar-refractivity contribution is 5.83. The van der Waals surface area contributed by atoms with Gasteiger partial charge in [-0.3, -0.25) is 0 Å². The fourth-order valence-electron chi connectivity index (χ4n) is 2.33. The normalized spacial score (nSPS) is 11.5. The van der Waals surface area contributed by atoms with Gasteiger partial charge in [-0.2, -0.15) is 13.2 Å². The predicted molar refractivity (Wildman–Crippen MR) is 86.7 cm³/mol. The van der Waals surface area contributed by atoms with Crippen molar-refractivity contribution in [3.05, 3.63) is 60.2 Å². The topological polar surface area (TPSA) is 44.2 Å². The number of halogens is 4. The van der Waals surface area contributed by atoms with E-state index in [1.54, 1.807) is 24.3 Å². The molecule has 0 radical (unpaired) electrons. The van der Waals surface area contributed by atoms with Crippen LogP contribution in [0, 0.1) is 5.82 Å². The Kier molecular flexibility index (Phi) is 5.20. The number of fused-ring (bicyclic) bond motifs is 1. The molecule has 0 saturated heterocycles. The van der Waals surface area contributed by atoms with Crippen LogP contribution in [0.5, 0.6) is 11.6 Å². The minimum atomic E-state index is -4.37. The molecular weight excluding hydrogens is 352 g/mol. The summed E-state index contributed by atoms with van der Waals surface area (Å²) in [6.07, 6.45) is -2.64. The Morgan fingerprint density at radius 2 is 1.69 bits per heavy atom. The molecule has 0 spiro atoms. The molecule has 0 amide bonds. The summed E-state index contributed by atoms with van der Waals surface area (Å²) in [7, 11) is 0. The van der Waals surface area contributed by atoms with E-state index in [2.05, 4.69) is 14.7 Å². The highest BCUT2D eigenvalue weighted by Gasteiger charge is 2.28. The quantitative estimate of drug-likeness (QED) is 0.609. The third-order valence-corrected chi connectivity index (χ3v) is 3.53. The molecule has 0 aliphatic carbocycles. The first-order valence-electron chi connectivity index (χ1n) is 7.73. The van der Waals surface area contributed by atoms with Crippen molar-refractivity contribution >= 4 is 10.9 Å². The highest BCUT2D eigenvalue weighted by Crippen LogP contribution is 2.23. The Hall–Kier alpha value is -2.90. The summed E-state index contributed by atoms with van der Waals surface area (Å²) in [5.41, 5.74) is 1.04. The zero-order valence-electron chi connectivity index (χ0n) is 13.5. The van der Waals surface area contributed by atoms with E-state index in [-0.39, 0.29) is 23.8 Å². The van der Waals surface area contributed by atoms with Crippen molar-refractivity contribution in [3.8, 4) is 11.6 Å². The Bertz CT molecular complexity index is 882. The second kappa shape index (κ2) is 7.55. The molecule has 0 fully saturated rings. The van der Waals surface area contributed by atoms with Crippen LogP contribution in [0.2, 0.25) is 0 Å². The van der Waals surface area contributed by atoms with Gasteiger partial charge in [-0.25, -0.2) is 14.4 Å². The summed E-state index contributed by atoms with van der Waals surface area (Å²) in [6.45, 7) is -1.06. The number of alkyl halides is 3. The Morgan fingerprint density at radius 1 is 0.923 bits per heavy atom. The maximum Gasteiger partial charge on any atom is 0.422 e. The SMILES string of the molecule is Fc1cccc2c(OCCc3ccc(OCC(F)(F)F)cc3)ncnc12. The van der Waals surface area contributed by atoms with Crippen molar-refractivity contribution in [1.82, 2.24) is 9.97 Å². The van der Waals surface area contributed by atoms with Crippen LogP contribution < -0.4 is 9.47 Å². The van der Waals surface area contributed by atoms with E-state index in [1.165, 1.54) is 24.5 Å². The van der Waals surface area contributed by atoms with Crippen molar-refractivity contribution in [2.75, 3.05) is 13.2 Å². The predicted octanol–water partition coefficient (Wildman–Crippen LogP) is 4.33. The molecule has 0 saturated carbocycles. The van der Waals surface area contributed by atoms with E-state index in [4.69, 9.17) is 4.74 Å². The number of hydrogen-bond donors (Lipinski definition) is 0. The van der Waals surface area contributed by atoms with Gasteiger partial charge in [0.15, 0.2) is 6.61 Å². The van der Waals surface area contributed by atoms with Gasteiger partial charge in [0.05, 0.1) is 12.0 Å². The lowest BCUT2D eigenvalue weighted by atomic mass is 10.1. The summed E-state index contributed by atoms with van der Waals surface area (Å²) in [5.74, 6) is -0.0342. The molecule has 2 aromatic carbocycles. The van der Waals surface area contributed by atoms with Crippen LogP contribution in [0.3, 0.4) is 0 Å². The Balaban J connectivity index is 1.58. The van der Waals surface area contributed by atoms with Crippen LogP contribution in [-0.2, 0) is 6.42 Å². The molecule has 1 heterocycles. The van der Waals surface area contributed by atoms with Gasteiger partial charge in [0.25, 0.3) is 0 Å². The summed E-state index contributed by atoms with van der Waals surface area (Å²) in [5, 5.41) is 0.475. The van der Waals surface area contributed by atoms with Gasteiger partial charge in [-0.15, -0.1) is 0 Å². The molecule has 8 heteroatoms. The fourth-order valence-corrected chi connectivity index (χ4v) is 2.33. The molecule has 3 rings (SSSR count). The maximum absolute atomic E-state index is 13.7. The van der Waals surface area contributed by atoms with E-state index < -0.39 is 18.6 Å². The fraction of sp³-hybridized carbons (Fsp3) is 0.222. The van der Waals surface area contributed by atoms with Crippen LogP contribution >= 0.6 is 0 Å². The Labute approximate surface area is 146 Å². The second-order valence-electron chi connectivity index (χ2n) is 5.46. The van der Waals surface area contributed by atoms with Gasteiger partial charge < -0.3 is 9.47 Å². The van der Waals surface area contributed by atoms with Crippen LogP contribution in [0.1, 0.15) is 5.56 Å². The van der Waals surface area contributed by atoms with Crippen LogP contribution in [0.25, 0.3) is 10.9 Å². The first kappa shape index (κ1) is 17.9. The standard InChI is InChI=1S/C18H14F4N2O2/c19-15-3-1-2-14-16(15)23-11-24-17(14)25-9-8-12-4-6-13(7-5-12)26-10-18(20,21)22/h1-7,11H,8-10H2. The van der Waals surface area contributed by atoms with Crippen molar-refractivity contribution < 1.29 is 27.0 Å². The van der Waals surface area contributed by atoms with E-state index >= 15 is 0 Å². The minimum absolute atomic E-state index is 0.143. The third-order valence-electron chi connectivity index (χ3n) is 3.53. The minimum Gasteiger partial charge on any atom is -0.484 e. The summed E-state index contributed by atoms with van der Waals surface area (Å²) in [4.78, 5) is 7.91. The number of aromatic nitrogens is 2. The van der Waals surface area contributed by atoms with Crippen LogP contribution in [-0.4, -0.2) is 29.4 Å². The van der Waals surface area contributed by atoms with E-state index in [9.17, 15) is 17.6 Å². The number of rotatable bonds is 6. The number of hydrogen-bond acceptors (Lipinski definition) is 4. The number of nitrogens with zero attached hydrogens (tertiary/aromatic N) is 2. The monoisotopic (exact) mass is 366 g/mol. The molecule has 136 valence electrons. The Morgan fingerprint density at radius 3 is 2.42 bits per heavy atom. The molecule has 0 aliphatic heterocycles. The molecule has 1 aromatic heterocycles. The van der Waals surface area contributed by atoms with Crippen molar-refractivity contribution in [2.24, 2.45) is 0 Å². The second-order valence-corrected chi connectivity index (χ2v) is 5.46. The maximum atomic E-state index is 13.7. The van der Waals surface area contributed by atoms with Crippen molar-refractivity contribution in [3.63, 3.8) is 0 Å². The molecular formula is C18H14F4N2O2. The first-order valence-corrected chi connectivity index (χ1v) is 7.73. The molecule has 0 bridgehead atoms. The molecule has 0 unspecified atom stereocenters. The lowest BCUT2D eigenvalue weighted by Crippen LogP contribution is -2.19. The lowest BCUT2D eigenvalue weighted by Gasteiger charge is -2.10. The molecule has 0 atom stereocenters. The van der Waals surface area contributed by atoms with E-state index in [0.29, 0.717) is 11.8 Å². The van der Waals surface area contributed by atoms with Gasteiger partial charge in [0, 0.05) is 6.42 Å². The molecule has 0 N–H and O–H groups in total. The largest absolute Gasteiger partial charge is 0.484 e. The van der Waals surface area contributed by atoms with Crippen molar-refractivity contribution in [2.45, 2.75) is 12.6 Å². The van der Waals surface area contributed by atoms with Gasteiger partial charge in [0.1, 0.15) is 23.4 Å². The van der Waals surface area contributed by atoms with Gasteiger partial charge in [-0.05, 0) is 29.8 Å². The zero-order valence-corrected chi connectivity index (χ0v) is 13.5. The molecule has 26 heavy (non-hydrogen) atoms. The number of benzene rings is 2. The van der Waals surface area contributed by atoms with Gasteiger partial charge >= 0.3 is 6.18 Å². The highest BCUT2D eigenvalue weighted by atomic mass is 19.4. The smallest absolute Gasteiger partial charge is 0.422 e. The number of para-hydroxylation sites is 1. The van der Waals surface area contributed by atoms with E-state index in [1.807, 2.05) is 0 Å². The van der Waals surface area contributed by atoms with E-state index in [0.717, 1.165) is 5.56 Å². The third kappa shape index (κ3) is 4.59. The summed E-state index contributed by atoms with van der Waals surface area (Å²) in [6, 6.07) is 10.8. The average molecular weight is 366 g/mol. The average Bonchev–Trinajstić information content (AvgIpc) is 2.61. The van der Waals surface area contributed by atoms with Gasteiger partial charge in [-0.1, -0.05) is 18.2 Å². The zero-order chi connectivity index (χ0) is 18.6. The summed E-state index contributed by atoms with van der Waals surface area (Å²) >= 11 is 0. The number of ether oxygens (including phenoxy) is 2. The van der Waals surface area contributed by atoms with Gasteiger partial charge in [0.2, 0.25) is 5.88 Å². The molecule has 3 aromatic rings. The van der Waals surface area contributed by atoms with Crippen LogP contribution in [0.15, 0.2) is 48.8 Å². The summed E-state index contributed by atoms with van der Waals surface area (Å²) < 4.78 is 60.3. The first-order chi connectivity index (χ1) is 12.4. The lowest BCUT2D eigenvalue weighted by molar-refractivity contribution is -0.153. The van der Waals surface area contributed by atoms with Crippen LogP contribution in [0.4, 0.5) is 17.6 Å². The molecule has 0 aliphatic rings. The van der Waals surface area contributed by atoms with Crippen molar-refractivity contribution in [1.29, 1.82) is 0 Å². The molecule has 4 nitrogen and oxygen atoms in total.